The van der Waals surface area contributed by atoms with E-state index in [1.807, 2.05) is 6.07 Å². The fourth-order valence-electron chi connectivity index (χ4n) is 2.77. The van der Waals surface area contributed by atoms with Crippen molar-refractivity contribution in [3.8, 4) is 11.5 Å². The van der Waals surface area contributed by atoms with Gasteiger partial charge >= 0.3 is 0 Å². The first kappa shape index (κ1) is 13.6. The van der Waals surface area contributed by atoms with Gasteiger partial charge in [-0.1, -0.05) is 0 Å². The minimum absolute atomic E-state index is 0.201. The van der Waals surface area contributed by atoms with Gasteiger partial charge in [0.2, 0.25) is 6.79 Å². The molecular formula is C16H24N2O2. The SMILES string of the molecule is CC(C)(C)NCC1CCN(c2ccc3c(c2)OCO3)C1. The summed E-state index contributed by atoms with van der Waals surface area (Å²) in [5, 5.41) is 3.61. The molecule has 1 fully saturated rings. The number of hydrogen-bond donors (Lipinski definition) is 1. The highest BCUT2D eigenvalue weighted by Gasteiger charge is 2.25. The van der Waals surface area contributed by atoms with Crippen LogP contribution in [-0.4, -0.2) is 32.0 Å². The van der Waals surface area contributed by atoms with Crippen LogP contribution in [0.4, 0.5) is 5.69 Å². The molecule has 1 unspecified atom stereocenters. The van der Waals surface area contributed by atoms with Crippen molar-refractivity contribution in [1.29, 1.82) is 0 Å². The Morgan fingerprint density at radius 3 is 2.85 bits per heavy atom. The second-order valence-corrected chi connectivity index (χ2v) is 6.77. The molecule has 1 aromatic rings. The Morgan fingerprint density at radius 2 is 2.05 bits per heavy atom. The van der Waals surface area contributed by atoms with Crippen molar-refractivity contribution in [2.24, 2.45) is 5.92 Å². The number of nitrogens with one attached hydrogen (secondary N) is 1. The van der Waals surface area contributed by atoms with Crippen LogP contribution in [0.5, 0.6) is 11.5 Å². The van der Waals surface area contributed by atoms with Crippen LogP contribution in [0.25, 0.3) is 0 Å². The lowest BCUT2D eigenvalue weighted by molar-refractivity contribution is 0.174. The standard InChI is InChI=1S/C16H24N2O2/c1-16(2,3)17-9-12-6-7-18(10-12)13-4-5-14-15(8-13)20-11-19-14/h4-5,8,12,17H,6-7,9-11H2,1-3H3. The summed E-state index contributed by atoms with van der Waals surface area (Å²) in [5.74, 6) is 2.46. The van der Waals surface area contributed by atoms with E-state index in [4.69, 9.17) is 9.47 Å². The second kappa shape index (κ2) is 5.17. The van der Waals surface area contributed by atoms with Crippen molar-refractivity contribution >= 4 is 5.69 Å². The third kappa shape index (κ3) is 3.01. The maximum Gasteiger partial charge on any atom is 0.231 e. The van der Waals surface area contributed by atoms with E-state index in [1.54, 1.807) is 0 Å². The predicted molar refractivity (Wildman–Crippen MR) is 80.6 cm³/mol. The summed E-state index contributed by atoms with van der Waals surface area (Å²) in [6, 6.07) is 6.24. The lowest BCUT2D eigenvalue weighted by Crippen LogP contribution is -2.39. The Balaban J connectivity index is 1.60. The van der Waals surface area contributed by atoms with E-state index in [0.717, 1.165) is 37.1 Å². The molecule has 1 aromatic carbocycles. The van der Waals surface area contributed by atoms with Gasteiger partial charge in [-0.2, -0.15) is 0 Å². The fourth-order valence-corrected chi connectivity index (χ4v) is 2.77. The first-order valence-electron chi connectivity index (χ1n) is 7.41. The summed E-state index contributed by atoms with van der Waals surface area (Å²) in [6.45, 7) is 10.3. The van der Waals surface area contributed by atoms with Crippen LogP contribution in [0.1, 0.15) is 27.2 Å². The van der Waals surface area contributed by atoms with Crippen molar-refractivity contribution in [2.45, 2.75) is 32.7 Å². The minimum Gasteiger partial charge on any atom is -0.454 e. The third-order valence-corrected chi connectivity index (χ3v) is 3.93. The number of benzene rings is 1. The van der Waals surface area contributed by atoms with E-state index in [0.29, 0.717) is 6.79 Å². The molecule has 0 aromatic heterocycles. The van der Waals surface area contributed by atoms with Gasteiger partial charge in [0, 0.05) is 36.9 Å². The molecule has 2 aliphatic rings. The average Bonchev–Trinajstić information content (AvgIpc) is 3.03. The molecule has 0 saturated carbocycles. The van der Waals surface area contributed by atoms with Gasteiger partial charge in [-0.15, -0.1) is 0 Å². The van der Waals surface area contributed by atoms with Crippen LogP contribution >= 0.6 is 0 Å². The highest BCUT2D eigenvalue weighted by Crippen LogP contribution is 2.36. The Kier molecular flexibility index (Phi) is 3.50. The van der Waals surface area contributed by atoms with Crippen LogP contribution in [0.2, 0.25) is 0 Å². The number of anilines is 1. The Hall–Kier alpha value is -1.42. The van der Waals surface area contributed by atoms with Gasteiger partial charge < -0.3 is 19.7 Å². The fraction of sp³-hybridized carbons (Fsp3) is 0.625. The van der Waals surface area contributed by atoms with Crippen molar-refractivity contribution in [3.63, 3.8) is 0 Å². The number of hydrogen-bond acceptors (Lipinski definition) is 4. The molecule has 3 rings (SSSR count). The molecule has 0 radical (unpaired) electrons. The lowest BCUT2D eigenvalue weighted by Gasteiger charge is -2.24. The molecule has 4 nitrogen and oxygen atoms in total. The maximum atomic E-state index is 5.46. The smallest absolute Gasteiger partial charge is 0.231 e. The van der Waals surface area contributed by atoms with Crippen molar-refractivity contribution in [2.75, 3.05) is 31.3 Å². The van der Waals surface area contributed by atoms with E-state index >= 15 is 0 Å². The van der Waals surface area contributed by atoms with Gasteiger partial charge in [-0.05, 0) is 45.2 Å². The molecule has 1 atom stereocenters. The lowest BCUT2D eigenvalue weighted by atomic mass is 10.1. The van der Waals surface area contributed by atoms with Crippen LogP contribution in [0.15, 0.2) is 18.2 Å². The monoisotopic (exact) mass is 276 g/mol. The third-order valence-electron chi connectivity index (χ3n) is 3.93. The number of ether oxygens (including phenoxy) is 2. The zero-order valence-corrected chi connectivity index (χ0v) is 12.6. The zero-order chi connectivity index (χ0) is 14.2. The summed E-state index contributed by atoms with van der Waals surface area (Å²) in [6.07, 6.45) is 1.25. The molecule has 0 bridgehead atoms. The molecule has 0 spiro atoms. The Bertz CT molecular complexity index is 482. The molecule has 4 heteroatoms. The largest absolute Gasteiger partial charge is 0.454 e. The van der Waals surface area contributed by atoms with Gasteiger partial charge in [0.05, 0.1) is 0 Å². The van der Waals surface area contributed by atoms with Gasteiger partial charge in [0.25, 0.3) is 0 Å². The highest BCUT2D eigenvalue weighted by atomic mass is 16.7. The summed E-state index contributed by atoms with van der Waals surface area (Å²) in [4.78, 5) is 2.44. The summed E-state index contributed by atoms with van der Waals surface area (Å²) < 4.78 is 10.8. The van der Waals surface area contributed by atoms with Gasteiger partial charge in [-0.25, -0.2) is 0 Å². The predicted octanol–water partition coefficient (Wildman–Crippen LogP) is 2.63. The molecule has 110 valence electrons. The number of fused-ring (bicyclic) bond motifs is 1. The molecule has 1 N–H and O–H groups in total. The molecular weight excluding hydrogens is 252 g/mol. The summed E-state index contributed by atoms with van der Waals surface area (Å²) >= 11 is 0. The van der Waals surface area contributed by atoms with E-state index in [1.165, 1.54) is 12.1 Å². The number of nitrogens with zero attached hydrogens (tertiary/aromatic N) is 1. The molecule has 2 aliphatic heterocycles. The second-order valence-electron chi connectivity index (χ2n) is 6.77. The van der Waals surface area contributed by atoms with E-state index in [-0.39, 0.29) is 5.54 Å². The molecule has 2 heterocycles. The molecule has 0 amide bonds. The normalized spacial score (nSPS) is 21.6. The first-order valence-corrected chi connectivity index (χ1v) is 7.41. The average molecular weight is 276 g/mol. The topological polar surface area (TPSA) is 33.7 Å². The van der Waals surface area contributed by atoms with Crippen molar-refractivity contribution in [1.82, 2.24) is 5.32 Å². The molecule has 1 saturated heterocycles. The van der Waals surface area contributed by atoms with Crippen molar-refractivity contribution in [3.05, 3.63) is 18.2 Å². The van der Waals surface area contributed by atoms with Gasteiger partial charge in [-0.3, -0.25) is 0 Å². The summed E-state index contributed by atoms with van der Waals surface area (Å²) in [7, 11) is 0. The van der Waals surface area contributed by atoms with Gasteiger partial charge in [0.1, 0.15) is 0 Å². The van der Waals surface area contributed by atoms with E-state index in [9.17, 15) is 0 Å². The Labute approximate surface area is 121 Å². The van der Waals surface area contributed by atoms with Gasteiger partial charge in [0.15, 0.2) is 11.5 Å². The summed E-state index contributed by atoms with van der Waals surface area (Å²) in [5.41, 5.74) is 1.44. The Morgan fingerprint density at radius 1 is 1.25 bits per heavy atom. The van der Waals surface area contributed by atoms with Crippen LogP contribution in [0.3, 0.4) is 0 Å². The quantitative estimate of drug-likeness (QED) is 0.920. The molecule has 20 heavy (non-hydrogen) atoms. The van der Waals surface area contributed by atoms with E-state index in [2.05, 4.69) is 43.1 Å². The van der Waals surface area contributed by atoms with Crippen LogP contribution in [-0.2, 0) is 0 Å². The highest BCUT2D eigenvalue weighted by molar-refractivity contribution is 5.57. The minimum atomic E-state index is 0.201. The first-order chi connectivity index (χ1) is 9.51. The van der Waals surface area contributed by atoms with Crippen LogP contribution < -0.4 is 19.7 Å². The maximum absolute atomic E-state index is 5.46. The van der Waals surface area contributed by atoms with Crippen LogP contribution in [0, 0.1) is 5.92 Å². The zero-order valence-electron chi connectivity index (χ0n) is 12.6. The molecule has 0 aliphatic carbocycles. The van der Waals surface area contributed by atoms with E-state index < -0.39 is 0 Å². The number of rotatable bonds is 3. The van der Waals surface area contributed by atoms with Crippen molar-refractivity contribution < 1.29 is 9.47 Å².